The molecule has 1 aliphatic carbocycles. The molecule has 3 N–H and O–H groups in total. The van der Waals surface area contributed by atoms with Crippen LogP contribution in [0.5, 0.6) is 0 Å². The summed E-state index contributed by atoms with van der Waals surface area (Å²) in [5, 5.41) is 0. The molecular formula is C23H37N5O2S. The number of allylic oxidation sites excluding steroid dienone is 3. The van der Waals surface area contributed by atoms with Gasteiger partial charge in [-0.25, -0.2) is 4.98 Å². The molecule has 7 nitrogen and oxygen atoms in total. The number of imidazole rings is 1. The molecule has 1 aromatic rings. The van der Waals surface area contributed by atoms with Gasteiger partial charge < -0.3 is 19.8 Å². The van der Waals surface area contributed by atoms with Crippen molar-refractivity contribution >= 4 is 23.4 Å². The van der Waals surface area contributed by atoms with E-state index in [9.17, 15) is 0 Å². The molecule has 0 spiro atoms. The predicted octanol–water partition coefficient (Wildman–Crippen LogP) is 3.68. The first-order valence-corrected chi connectivity index (χ1v) is 12.7. The molecule has 1 atom stereocenters. The minimum atomic E-state index is -0.0485. The van der Waals surface area contributed by atoms with Gasteiger partial charge in [0.05, 0.1) is 17.3 Å². The lowest BCUT2D eigenvalue weighted by Crippen LogP contribution is -2.50. The number of fused-ring (bicyclic) bond motifs is 3. The van der Waals surface area contributed by atoms with Gasteiger partial charge in [0.1, 0.15) is 24.0 Å². The summed E-state index contributed by atoms with van der Waals surface area (Å²) in [5.41, 5.74) is 9.45. The Morgan fingerprint density at radius 2 is 2.13 bits per heavy atom. The maximum absolute atomic E-state index is 6.39. The molecule has 4 rings (SSSR count). The molecule has 1 saturated heterocycles. The summed E-state index contributed by atoms with van der Waals surface area (Å²) >= 11 is 1.67. The smallest absolute Gasteiger partial charge is 0.147 e. The SMILES string of the molecule is CC.CCOCc1nc2c(n1CC1(NSC)CCOCC1)C1=CC=CCCC1N=C2N. The van der Waals surface area contributed by atoms with Crippen LogP contribution in [0.2, 0.25) is 0 Å². The molecular weight excluding hydrogens is 410 g/mol. The van der Waals surface area contributed by atoms with Crippen LogP contribution in [-0.4, -0.2) is 53.0 Å². The Hall–Kier alpha value is -1.61. The lowest BCUT2D eigenvalue weighted by molar-refractivity contribution is 0.0401. The lowest BCUT2D eigenvalue weighted by Gasteiger charge is -2.38. The fraction of sp³-hybridized carbons (Fsp3) is 0.652. The number of amidine groups is 1. The lowest BCUT2D eigenvalue weighted by atomic mass is 9.90. The number of nitrogens with two attached hydrogens (primary N) is 1. The second-order valence-corrected chi connectivity index (χ2v) is 8.42. The monoisotopic (exact) mass is 447 g/mol. The van der Waals surface area contributed by atoms with E-state index in [1.807, 2.05) is 20.8 Å². The zero-order valence-electron chi connectivity index (χ0n) is 19.3. The van der Waals surface area contributed by atoms with Crippen LogP contribution >= 0.6 is 11.9 Å². The van der Waals surface area contributed by atoms with Gasteiger partial charge in [0.15, 0.2) is 0 Å². The van der Waals surface area contributed by atoms with E-state index in [-0.39, 0.29) is 11.6 Å². The summed E-state index contributed by atoms with van der Waals surface area (Å²) in [6.45, 7) is 9.47. The predicted molar refractivity (Wildman–Crippen MR) is 129 cm³/mol. The molecule has 1 unspecified atom stereocenters. The number of aromatic nitrogens is 2. The van der Waals surface area contributed by atoms with Gasteiger partial charge in [-0.05, 0) is 38.9 Å². The highest BCUT2D eigenvalue weighted by Crippen LogP contribution is 2.36. The van der Waals surface area contributed by atoms with Gasteiger partial charge in [0.25, 0.3) is 0 Å². The average Bonchev–Trinajstić information content (AvgIpc) is 2.97. The zero-order chi connectivity index (χ0) is 22.3. The van der Waals surface area contributed by atoms with Gasteiger partial charge >= 0.3 is 0 Å². The second kappa shape index (κ2) is 11.3. The number of rotatable bonds is 7. The molecule has 0 amide bonds. The molecule has 0 saturated carbocycles. The first-order valence-electron chi connectivity index (χ1n) is 11.4. The van der Waals surface area contributed by atoms with Crippen molar-refractivity contribution in [2.75, 3.05) is 26.1 Å². The van der Waals surface area contributed by atoms with Crippen LogP contribution in [0, 0.1) is 0 Å². The minimum absolute atomic E-state index is 0.0485. The maximum atomic E-state index is 6.39. The summed E-state index contributed by atoms with van der Waals surface area (Å²) in [5.74, 6) is 1.46. The van der Waals surface area contributed by atoms with Crippen molar-refractivity contribution in [3.63, 3.8) is 0 Å². The van der Waals surface area contributed by atoms with Crippen molar-refractivity contribution in [2.45, 2.75) is 71.2 Å². The standard InChI is InChI=1S/C21H31N5O2S.C2H6/c1-3-27-13-17-24-18-19(15-7-5-4-6-8-16(15)23-20(18)22)26(17)14-21(25-29-2)9-11-28-12-10-21;1-2/h4-5,7,16,25H,3,6,8-14H2,1-2H3,(H2,22,23);1-2H3. The van der Waals surface area contributed by atoms with E-state index in [1.165, 1.54) is 5.57 Å². The largest absolute Gasteiger partial charge is 0.382 e. The van der Waals surface area contributed by atoms with E-state index in [0.29, 0.717) is 19.0 Å². The molecule has 3 aliphatic rings. The van der Waals surface area contributed by atoms with Crippen molar-refractivity contribution in [2.24, 2.45) is 10.7 Å². The number of hydrogen-bond donors (Lipinski definition) is 2. The normalized spacial score (nSPS) is 21.7. The van der Waals surface area contributed by atoms with Crippen molar-refractivity contribution < 1.29 is 9.47 Å². The van der Waals surface area contributed by atoms with Gasteiger partial charge in [-0.3, -0.25) is 9.71 Å². The molecule has 1 fully saturated rings. The Balaban J connectivity index is 0.00000132. The molecule has 0 bridgehead atoms. The Labute approximate surface area is 190 Å². The fourth-order valence-corrected chi connectivity index (χ4v) is 5.11. The van der Waals surface area contributed by atoms with Gasteiger partial charge in [-0.2, -0.15) is 0 Å². The van der Waals surface area contributed by atoms with E-state index in [0.717, 1.165) is 62.7 Å². The summed E-state index contributed by atoms with van der Waals surface area (Å²) < 4.78 is 17.4. The summed E-state index contributed by atoms with van der Waals surface area (Å²) in [6.07, 6.45) is 12.5. The van der Waals surface area contributed by atoms with Crippen LogP contribution in [0.25, 0.3) is 5.57 Å². The van der Waals surface area contributed by atoms with Crippen molar-refractivity contribution in [1.82, 2.24) is 14.3 Å². The average molecular weight is 448 g/mol. The number of hydrogen-bond acceptors (Lipinski definition) is 7. The van der Waals surface area contributed by atoms with Gasteiger partial charge in [-0.15, -0.1) is 0 Å². The van der Waals surface area contributed by atoms with Crippen LogP contribution in [-0.2, 0) is 22.6 Å². The summed E-state index contributed by atoms with van der Waals surface area (Å²) in [6, 6.07) is 0.0899. The van der Waals surface area contributed by atoms with Crippen LogP contribution in [0.4, 0.5) is 0 Å². The van der Waals surface area contributed by atoms with E-state index >= 15 is 0 Å². The third-order valence-electron chi connectivity index (χ3n) is 5.90. The highest BCUT2D eigenvalue weighted by atomic mass is 32.2. The number of nitrogens with one attached hydrogen (secondary N) is 1. The number of aliphatic imine (C=N–C) groups is 1. The van der Waals surface area contributed by atoms with Crippen molar-refractivity contribution in [3.05, 3.63) is 35.4 Å². The van der Waals surface area contributed by atoms with Gasteiger partial charge in [0.2, 0.25) is 0 Å². The maximum Gasteiger partial charge on any atom is 0.147 e. The van der Waals surface area contributed by atoms with Gasteiger partial charge in [-0.1, -0.05) is 44.0 Å². The number of nitrogens with zero attached hydrogens (tertiary/aromatic N) is 3. The van der Waals surface area contributed by atoms with E-state index in [1.54, 1.807) is 11.9 Å². The van der Waals surface area contributed by atoms with Gasteiger partial charge in [0, 0.05) is 31.9 Å². The first-order chi connectivity index (χ1) is 15.2. The molecule has 0 radical (unpaired) electrons. The second-order valence-electron chi connectivity index (χ2n) is 7.81. The molecule has 8 heteroatoms. The van der Waals surface area contributed by atoms with Crippen LogP contribution in [0.3, 0.4) is 0 Å². The Morgan fingerprint density at radius 3 is 2.84 bits per heavy atom. The Bertz CT molecular complexity index is 819. The highest BCUT2D eigenvalue weighted by Gasteiger charge is 2.37. The van der Waals surface area contributed by atoms with E-state index in [2.05, 4.69) is 33.8 Å². The quantitative estimate of drug-likeness (QED) is 0.620. The third-order valence-corrected chi connectivity index (χ3v) is 6.54. The minimum Gasteiger partial charge on any atom is -0.382 e. The zero-order valence-corrected chi connectivity index (χ0v) is 20.1. The summed E-state index contributed by atoms with van der Waals surface area (Å²) in [7, 11) is 0. The molecule has 1 aromatic heterocycles. The van der Waals surface area contributed by atoms with Crippen LogP contribution in [0.1, 0.15) is 63.7 Å². The Kier molecular flexibility index (Phi) is 8.77. The van der Waals surface area contributed by atoms with E-state index < -0.39 is 0 Å². The molecule has 2 aliphatic heterocycles. The topological polar surface area (TPSA) is 86.7 Å². The van der Waals surface area contributed by atoms with Crippen LogP contribution < -0.4 is 10.5 Å². The summed E-state index contributed by atoms with van der Waals surface area (Å²) in [4.78, 5) is 9.67. The molecule has 31 heavy (non-hydrogen) atoms. The molecule has 0 aromatic carbocycles. The van der Waals surface area contributed by atoms with E-state index in [4.69, 9.17) is 25.2 Å². The third kappa shape index (κ3) is 5.25. The molecule has 172 valence electrons. The fourth-order valence-electron chi connectivity index (χ4n) is 4.41. The molecule has 3 heterocycles. The number of ether oxygens (including phenoxy) is 2. The van der Waals surface area contributed by atoms with Crippen LogP contribution in [0.15, 0.2) is 23.2 Å². The Morgan fingerprint density at radius 1 is 1.35 bits per heavy atom. The van der Waals surface area contributed by atoms with Crippen molar-refractivity contribution in [3.8, 4) is 0 Å². The highest BCUT2D eigenvalue weighted by molar-refractivity contribution is 7.96. The first kappa shape index (κ1) is 24.0. The van der Waals surface area contributed by atoms with Crippen molar-refractivity contribution in [1.29, 1.82) is 0 Å².